The maximum atomic E-state index is 14.4. The molecule has 39 heavy (non-hydrogen) atoms. The third-order valence-corrected chi connectivity index (χ3v) is 9.14. The van der Waals surface area contributed by atoms with Crippen LogP contribution in [0.15, 0.2) is 65.8 Å². The fourth-order valence-corrected chi connectivity index (χ4v) is 6.58. The number of aromatic nitrogens is 2. The van der Waals surface area contributed by atoms with Crippen molar-refractivity contribution in [3.63, 3.8) is 0 Å². The first-order chi connectivity index (χ1) is 18.7. The Bertz CT molecular complexity index is 1520. The summed E-state index contributed by atoms with van der Waals surface area (Å²) in [5.41, 5.74) is 0.914. The molecule has 0 aliphatic rings. The molecule has 0 fully saturated rings. The number of nitrogens with zero attached hydrogens (tertiary/aromatic N) is 4. The number of pyridine rings is 1. The zero-order chi connectivity index (χ0) is 28.0. The number of rotatable bonds is 12. The van der Waals surface area contributed by atoms with E-state index in [0.29, 0.717) is 18.7 Å². The van der Waals surface area contributed by atoms with Gasteiger partial charge in [0.25, 0.3) is 5.91 Å². The smallest absolute Gasteiger partial charge is 0.260 e. The average molecular weight is 573 g/mol. The topological polar surface area (TPSA) is 83.5 Å². The number of fused-ring (bicyclic) bond motifs is 1. The Morgan fingerprint density at radius 3 is 2.31 bits per heavy atom. The van der Waals surface area contributed by atoms with Crippen molar-refractivity contribution >= 4 is 42.6 Å². The Morgan fingerprint density at radius 1 is 1.00 bits per heavy atom. The van der Waals surface area contributed by atoms with Crippen molar-refractivity contribution in [2.45, 2.75) is 51.0 Å². The van der Waals surface area contributed by atoms with Gasteiger partial charge >= 0.3 is 0 Å². The van der Waals surface area contributed by atoms with Crippen LogP contribution in [-0.4, -0.2) is 41.7 Å². The maximum absolute atomic E-state index is 14.4. The second-order valence-electron chi connectivity index (χ2n) is 9.12. The van der Waals surface area contributed by atoms with Crippen molar-refractivity contribution < 1.29 is 22.0 Å². The van der Waals surface area contributed by atoms with Gasteiger partial charge in [0.1, 0.15) is 11.3 Å². The van der Waals surface area contributed by atoms with Crippen molar-refractivity contribution in [1.29, 1.82) is 0 Å². The second-order valence-corrected chi connectivity index (χ2v) is 12.1. The van der Waals surface area contributed by atoms with Gasteiger partial charge in [-0.1, -0.05) is 44.1 Å². The van der Waals surface area contributed by atoms with E-state index in [9.17, 15) is 22.0 Å². The minimum atomic E-state index is -3.72. The van der Waals surface area contributed by atoms with Gasteiger partial charge in [-0.2, -0.15) is 4.31 Å². The molecule has 2 aromatic heterocycles. The van der Waals surface area contributed by atoms with E-state index in [4.69, 9.17) is 0 Å². The summed E-state index contributed by atoms with van der Waals surface area (Å²) < 4.78 is 56.6. The number of carbonyl (C=O) groups excluding carboxylic acids is 1. The predicted molar refractivity (Wildman–Crippen MR) is 149 cm³/mol. The van der Waals surface area contributed by atoms with Crippen LogP contribution in [0.1, 0.15) is 55.5 Å². The summed E-state index contributed by atoms with van der Waals surface area (Å²) in [6.45, 7) is 4.98. The van der Waals surface area contributed by atoms with Gasteiger partial charge in [-0.25, -0.2) is 22.2 Å². The lowest BCUT2D eigenvalue weighted by Gasteiger charge is -2.22. The second kappa shape index (κ2) is 12.7. The Hall–Kier alpha value is -3.28. The van der Waals surface area contributed by atoms with Gasteiger partial charge in [0.15, 0.2) is 10.9 Å². The molecule has 0 atom stereocenters. The summed E-state index contributed by atoms with van der Waals surface area (Å²) in [5.74, 6) is -2.01. The van der Waals surface area contributed by atoms with Crippen LogP contribution < -0.4 is 4.90 Å². The van der Waals surface area contributed by atoms with Gasteiger partial charge in [-0.05, 0) is 54.8 Å². The molecule has 0 spiro atoms. The highest BCUT2D eigenvalue weighted by molar-refractivity contribution is 7.89. The molecule has 4 rings (SSSR count). The standard InChI is InChI=1S/C28H30F2N4O3S2/c1-3-5-14-33(15-6-4-2)39(36,37)23-11-9-21(10-12-23)27(35)34(19-20-8-7-13-31-18-20)28-32-26-24(30)16-22(29)17-25(26)38-28/h7-13,16-18H,3-6,14-15,19H2,1-2H3. The van der Waals surface area contributed by atoms with E-state index in [1.165, 1.54) is 39.5 Å². The minimum absolute atomic E-state index is 0.0268. The number of anilines is 1. The Labute approximate surface area is 231 Å². The minimum Gasteiger partial charge on any atom is -0.279 e. The molecule has 0 radical (unpaired) electrons. The lowest BCUT2D eigenvalue weighted by atomic mass is 10.2. The number of amides is 1. The molecule has 11 heteroatoms. The number of benzene rings is 2. The normalized spacial score (nSPS) is 11.8. The van der Waals surface area contributed by atoms with E-state index in [-0.39, 0.29) is 32.4 Å². The summed E-state index contributed by atoms with van der Waals surface area (Å²) in [7, 11) is -3.72. The molecule has 0 aliphatic carbocycles. The van der Waals surface area contributed by atoms with Crippen LogP contribution in [0.25, 0.3) is 10.2 Å². The first-order valence-corrected chi connectivity index (χ1v) is 15.1. The van der Waals surface area contributed by atoms with E-state index in [1.54, 1.807) is 24.5 Å². The van der Waals surface area contributed by atoms with E-state index >= 15 is 0 Å². The summed E-state index contributed by atoms with van der Waals surface area (Å²) in [4.78, 5) is 23.6. The maximum Gasteiger partial charge on any atom is 0.260 e. The molecule has 0 saturated heterocycles. The number of thiazole rings is 1. The van der Waals surface area contributed by atoms with Crippen LogP contribution in [0.5, 0.6) is 0 Å². The Morgan fingerprint density at radius 2 is 1.69 bits per heavy atom. The van der Waals surface area contributed by atoms with Crippen molar-refractivity contribution in [1.82, 2.24) is 14.3 Å². The lowest BCUT2D eigenvalue weighted by molar-refractivity contribution is 0.0985. The van der Waals surface area contributed by atoms with Crippen LogP contribution >= 0.6 is 11.3 Å². The molecule has 7 nitrogen and oxygen atoms in total. The summed E-state index contributed by atoms with van der Waals surface area (Å²) in [5, 5.41) is 0.186. The first kappa shape index (κ1) is 28.7. The molecular formula is C28H30F2N4O3S2. The Balaban J connectivity index is 1.67. The van der Waals surface area contributed by atoms with E-state index < -0.39 is 27.6 Å². The van der Waals surface area contributed by atoms with Crippen molar-refractivity contribution in [3.05, 3.63) is 83.7 Å². The van der Waals surface area contributed by atoms with Gasteiger partial charge in [-0.3, -0.25) is 14.7 Å². The molecule has 2 aromatic carbocycles. The molecule has 0 N–H and O–H groups in total. The molecule has 0 saturated carbocycles. The van der Waals surface area contributed by atoms with E-state index in [1.807, 2.05) is 13.8 Å². The largest absolute Gasteiger partial charge is 0.279 e. The molecule has 0 bridgehead atoms. The number of carbonyl (C=O) groups is 1. The lowest BCUT2D eigenvalue weighted by Crippen LogP contribution is -2.33. The molecule has 0 unspecified atom stereocenters. The number of hydrogen-bond donors (Lipinski definition) is 0. The highest BCUT2D eigenvalue weighted by Gasteiger charge is 2.26. The number of unbranched alkanes of at least 4 members (excludes halogenated alkanes) is 2. The SMILES string of the molecule is CCCCN(CCCC)S(=O)(=O)c1ccc(C(=O)N(Cc2cccnc2)c2nc3c(F)cc(F)cc3s2)cc1. The van der Waals surface area contributed by atoms with Crippen molar-refractivity contribution in [2.75, 3.05) is 18.0 Å². The Kier molecular flexibility index (Phi) is 9.36. The fraction of sp³-hybridized carbons (Fsp3) is 0.321. The number of sulfonamides is 1. The highest BCUT2D eigenvalue weighted by Crippen LogP contribution is 2.33. The van der Waals surface area contributed by atoms with Gasteiger partial charge in [0, 0.05) is 37.1 Å². The highest BCUT2D eigenvalue weighted by atomic mass is 32.2. The average Bonchev–Trinajstić information content (AvgIpc) is 3.36. The molecule has 4 aromatic rings. The number of hydrogen-bond acceptors (Lipinski definition) is 6. The molecular weight excluding hydrogens is 542 g/mol. The van der Waals surface area contributed by atoms with Crippen LogP contribution in [-0.2, 0) is 16.6 Å². The molecule has 206 valence electrons. The summed E-state index contributed by atoms with van der Waals surface area (Å²) in [6, 6.07) is 11.3. The first-order valence-electron chi connectivity index (χ1n) is 12.8. The summed E-state index contributed by atoms with van der Waals surface area (Å²) in [6.07, 6.45) is 6.48. The van der Waals surface area contributed by atoms with Crippen LogP contribution in [0, 0.1) is 11.6 Å². The van der Waals surface area contributed by atoms with Gasteiger partial charge in [0.05, 0.1) is 16.1 Å². The third-order valence-electron chi connectivity index (χ3n) is 6.20. The van der Waals surface area contributed by atoms with Gasteiger partial charge in [-0.15, -0.1) is 0 Å². The van der Waals surface area contributed by atoms with E-state index in [0.717, 1.165) is 43.1 Å². The van der Waals surface area contributed by atoms with Crippen LogP contribution in [0.3, 0.4) is 0 Å². The monoisotopic (exact) mass is 572 g/mol. The zero-order valence-electron chi connectivity index (χ0n) is 21.8. The molecule has 2 heterocycles. The quantitative estimate of drug-likeness (QED) is 0.196. The van der Waals surface area contributed by atoms with E-state index in [2.05, 4.69) is 9.97 Å². The van der Waals surface area contributed by atoms with Crippen LogP contribution in [0.2, 0.25) is 0 Å². The fourth-order valence-electron chi connectivity index (χ4n) is 4.06. The third kappa shape index (κ3) is 6.66. The zero-order valence-corrected chi connectivity index (χ0v) is 23.4. The van der Waals surface area contributed by atoms with Crippen LogP contribution in [0.4, 0.5) is 13.9 Å². The van der Waals surface area contributed by atoms with Gasteiger partial charge in [0.2, 0.25) is 10.0 Å². The van der Waals surface area contributed by atoms with Gasteiger partial charge < -0.3 is 0 Å². The summed E-state index contributed by atoms with van der Waals surface area (Å²) >= 11 is 0.993. The van der Waals surface area contributed by atoms with Crippen molar-refractivity contribution in [2.24, 2.45) is 0 Å². The van der Waals surface area contributed by atoms with Crippen molar-refractivity contribution in [3.8, 4) is 0 Å². The molecule has 0 aliphatic heterocycles. The molecule has 1 amide bonds. The number of halogens is 2. The predicted octanol–water partition coefficient (Wildman–Crippen LogP) is 6.41.